The van der Waals surface area contributed by atoms with Crippen molar-refractivity contribution in [3.05, 3.63) is 42.1 Å². The molecule has 1 aromatic carbocycles. The zero-order valence-electron chi connectivity index (χ0n) is 11.8. The SMILES string of the molecule is CCN(CC)CC(CN)c1cnc2ccccc2c1. The van der Waals surface area contributed by atoms with Gasteiger partial charge in [-0.15, -0.1) is 0 Å². The Bertz CT molecular complexity index is 520. The van der Waals surface area contributed by atoms with Gasteiger partial charge in [-0.05, 0) is 30.8 Å². The summed E-state index contributed by atoms with van der Waals surface area (Å²) in [5, 5.41) is 1.19. The summed E-state index contributed by atoms with van der Waals surface area (Å²) in [6.45, 7) is 8.17. The molecule has 1 unspecified atom stereocenters. The average Bonchev–Trinajstić information content (AvgIpc) is 2.48. The number of nitrogens with two attached hydrogens (primary N) is 1. The molecule has 2 rings (SSSR count). The lowest BCUT2D eigenvalue weighted by Crippen LogP contribution is -2.31. The Labute approximate surface area is 115 Å². The van der Waals surface area contributed by atoms with Crippen LogP contribution in [0.2, 0.25) is 0 Å². The van der Waals surface area contributed by atoms with E-state index in [0.29, 0.717) is 12.5 Å². The van der Waals surface area contributed by atoms with Crippen LogP contribution in [-0.2, 0) is 0 Å². The van der Waals surface area contributed by atoms with E-state index in [4.69, 9.17) is 5.73 Å². The van der Waals surface area contributed by atoms with Gasteiger partial charge >= 0.3 is 0 Å². The fraction of sp³-hybridized carbons (Fsp3) is 0.438. The Balaban J connectivity index is 2.24. The highest BCUT2D eigenvalue weighted by Gasteiger charge is 2.14. The molecule has 0 bridgehead atoms. The standard InChI is InChI=1S/C16H23N3/c1-3-19(4-2)12-15(10-17)14-9-13-7-5-6-8-16(13)18-11-14/h5-9,11,15H,3-4,10,12,17H2,1-2H3. The van der Waals surface area contributed by atoms with Gasteiger partial charge in [0, 0.05) is 30.6 Å². The number of benzene rings is 1. The largest absolute Gasteiger partial charge is 0.330 e. The lowest BCUT2D eigenvalue weighted by atomic mass is 9.98. The molecule has 1 aromatic heterocycles. The molecule has 0 amide bonds. The van der Waals surface area contributed by atoms with Crippen molar-refractivity contribution in [3.8, 4) is 0 Å². The minimum atomic E-state index is 0.358. The number of hydrogen-bond acceptors (Lipinski definition) is 3. The summed E-state index contributed by atoms with van der Waals surface area (Å²) < 4.78 is 0. The number of para-hydroxylation sites is 1. The minimum Gasteiger partial charge on any atom is -0.330 e. The Hall–Kier alpha value is -1.45. The van der Waals surface area contributed by atoms with Crippen LogP contribution in [0.5, 0.6) is 0 Å². The van der Waals surface area contributed by atoms with E-state index in [-0.39, 0.29) is 0 Å². The summed E-state index contributed by atoms with van der Waals surface area (Å²) in [4.78, 5) is 6.94. The first-order valence-electron chi connectivity index (χ1n) is 7.05. The van der Waals surface area contributed by atoms with Crippen LogP contribution in [0.4, 0.5) is 0 Å². The third kappa shape index (κ3) is 3.31. The molecular weight excluding hydrogens is 234 g/mol. The van der Waals surface area contributed by atoms with E-state index < -0.39 is 0 Å². The molecule has 0 aliphatic carbocycles. The van der Waals surface area contributed by atoms with E-state index in [1.54, 1.807) is 0 Å². The van der Waals surface area contributed by atoms with Crippen LogP contribution >= 0.6 is 0 Å². The fourth-order valence-corrected chi connectivity index (χ4v) is 2.42. The topological polar surface area (TPSA) is 42.1 Å². The van der Waals surface area contributed by atoms with Crippen molar-refractivity contribution in [3.63, 3.8) is 0 Å². The molecule has 102 valence electrons. The van der Waals surface area contributed by atoms with Gasteiger partial charge < -0.3 is 10.6 Å². The lowest BCUT2D eigenvalue weighted by molar-refractivity contribution is 0.284. The third-order valence-corrected chi connectivity index (χ3v) is 3.74. The van der Waals surface area contributed by atoms with E-state index in [9.17, 15) is 0 Å². The molecule has 0 spiro atoms. The number of likely N-dealkylation sites (N-methyl/N-ethyl adjacent to an activating group) is 1. The van der Waals surface area contributed by atoms with E-state index in [0.717, 1.165) is 25.2 Å². The highest BCUT2D eigenvalue weighted by Crippen LogP contribution is 2.20. The Morgan fingerprint density at radius 3 is 2.63 bits per heavy atom. The monoisotopic (exact) mass is 257 g/mol. The van der Waals surface area contributed by atoms with Crippen LogP contribution < -0.4 is 5.73 Å². The van der Waals surface area contributed by atoms with Crippen molar-refractivity contribution in [2.24, 2.45) is 5.73 Å². The fourth-order valence-electron chi connectivity index (χ4n) is 2.42. The number of rotatable bonds is 6. The molecule has 3 nitrogen and oxygen atoms in total. The minimum absolute atomic E-state index is 0.358. The van der Waals surface area contributed by atoms with Crippen LogP contribution in [0.15, 0.2) is 36.5 Å². The average molecular weight is 257 g/mol. The van der Waals surface area contributed by atoms with Crippen molar-refractivity contribution in [2.45, 2.75) is 19.8 Å². The Morgan fingerprint density at radius 1 is 1.21 bits per heavy atom. The first-order chi connectivity index (χ1) is 9.28. The molecule has 0 saturated heterocycles. The van der Waals surface area contributed by atoms with Gasteiger partial charge in [-0.2, -0.15) is 0 Å². The number of hydrogen-bond donors (Lipinski definition) is 1. The van der Waals surface area contributed by atoms with Crippen molar-refractivity contribution in [1.29, 1.82) is 0 Å². The Kier molecular flexibility index (Phi) is 4.88. The third-order valence-electron chi connectivity index (χ3n) is 3.74. The number of pyridine rings is 1. The molecule has 0 fully saturated rings. The first kappa shape index (κ1) is 14.0. The summed E-state index contributed by atoms with van der Waals surface area (Å²) in [7, 11) is 0. The van der Waals surface area contributed by atoms with Gasteiger partial charge in [0.25, 0.3) is 0 Å². The Morgan fingerprint density at radius 2 is 1.95 bits per heavy atom. The quantitative estimate of drug-likeness (QED) is 0.865. The second-order valence-corrected chi connectivity index (χ2v) is 4.88. The van der Waals surface area contributed by atoms with Crippen molar-refractivity contribution in [1.82, 2.24) is 9.88 Å². The van der Waals surface area contributed by atoms with Crippen LogP contribution in [-0.4, -0.2) is 36.1 Å². The highest BCUT2D eigenvalue weighted by molar-refractivity contribution is 5.78. The molecule has 0 saturated carbocycles. The molecular formula is C16H23N3. The maximum absolute atomic E-state index is 5.95. The van der Waals surface area contributed by atoms with Crippen LogP contribution in [0.3, 0.4) is 0 Å². The second-order valence-electron chi connectivity index (χ2n) is 4.88. The van der Waals surface area contributed by atoms with Crippen LogP contribution in [0.1, 0.15) is 25.3 Å². The van der Waals surface area contributed by atoms with E-state index in [1.165, 1.54) is 10.9 Å². The number of aromatic nitrogens is 1. The smallest absolute Gasteiger partial charge is 0.0702 e. The van der Waals surface area contributed by atoms with E-state index >= 15 is 0 Å². The molecule has 0 aliphatic rings. The molecule has 1 heterocycles. The van der Waals surface area contributed by atoms with Gasteiger partial charge in [0.2, 0.25) is 0 Å². The summed E-state index contributed by atoms with van der Waals surface area (Å²) >= 11 is 0. The molecule has 0 aliphatic heterocycles. The van der Waals surface area contributed by atoms with Crippen molar-refractivity contribution in [2.75, 3.05) is 26.2 Å². The summed E-state index contributed by atoms with van der Waals surface area (Å²) in [5.41, 5.74) is 8.24. The molecule has 2 aromatic rings. The van der Waals surface area contributed by atoms with Gasteiger partial charge in [0.05, 0.1) is 5.52 Å². The molecule has 0 radical (unpaired) electrons. The van der Waals surface area contributed by atoms with Gasteiger partial charge in [-0.1, -0.05) is 32.0 Å². The number of fused-ring (bicyclic) bond motifs is 1. The number of nitrogens with zero attached hydrogens (tertiary/aromatic N) is 2. The van der Waals surface area contributed by atoms with Gasteiger partial charge in [0.15, 0.2) is 0 Å². The van der Waals surface area contributed by atoms with Gasteiger partial charge in [-0.3, -0.25) is 4.98 Å². The summed E-state index contributed by atoms with van der Waals surface area (Å²) in [5.74, 6) is 0.358. The zero-order chi connectivity index (χ0) is 13.7. The normalized spacial score (nSPS) is 13.1. The predicted octanol–water partition coefficient (Wildman–Crippen LogP) is 2.62. The lowest BCUT2D eigenvalue weighted by Gasteiger charge is -2.24. The van der Waals surface area contributed by atoms with Crippen molar-refractivity contribution < 1.29 is 0 Å². The first-order valence-corrected chi connectivity index (χ1v) is 7.05. The molecule has 2 N–H and O–H groups in total. The summed E-state index contributed by atoms with van der Waals surface area (Å²) in [6, 6.07) is 10.4. The van der Waals surface area contributed by atoms with Crippen LogP contribution in [0.25, 0.3) is 10.9 Å². The summed E-state index contributed by atoms with van der Waals surface area (Å²) in [6.07, 6.45) is 1.98. The van der Waals surface area contributed by atoms with E-state index in [1.807, 2.05) is 18.3 Å². The predicted molar refractivity (Wildman–Crippen MR) is 81.3 cm³/mol. The second kappa shape index (κ2) is 6.64. The maximum atomic E-state index is 5.95. The van der Waals surface area contributed by atoms with Gasteiger partial charge in [-0.25, -0.2) is 0 Å². The zero-order valence-corrected chi connectivity index (χ0v) is 11.8. The van der Waals surface area contributed by atoms with Crippen molar-refractivity contribution >= 4 is 10.9 Å². The molecule has 3 heteroatoms. The van der Waals surface area contributed by atoms with Crippen LogP contribution in [0, 0.1) is 0 Å². The molecule has 19 heavy (non-hydrogen) atoms. The highest BCUT2D eigenvalue weighted by atomic mass is 15.1. The van der Waals surface area contributed by atoms with E-state index in [2.05, 4.69) is 41.9 Å². The molecule has 1 atom stereocenters. The maximum Gasteiger partial charge on any atom is 0.0702 e. The van der Waals surface area contributed by atoms with Gasteiger partial charge in [0.1, 0.15) is 0 Å².